The zero-order valence-corrected chi connectivity index (χ0v) is 7.03. The maximum atomic E-state index is 11.1. The first-order chi connectivity index (χ1) is 5.02. The van der Waals surface area contributed by atoms with Gasteiger partial charge in [-0.3, -0.25) is 0 Å². The van der Waals surface area contributed by atoms with Crippen LogP contribution in [-0.2, 0) is 5.41 Å². The summed E-state index contributed by atoms with van der Waals surface area (Å²) in [7, 11) is 0. The molecule has 0 radical (unpaired) electrons. The summed E-state index contributed by atoms with van der Waals surface area (Å²) >= 11 is 0. The minimum Gasteiger partial charge on any atom is -0.711 e. The highest BCUT2D eigenvalue weighted by Crippen LogP contribution is 2.14. The van der Waals surface area contributed by atoms with Crippen LogP contribution >= 0.6 is 0 Å². The van der Waals surface area contributed by atoms with Crippen molar-refractivity contribution in [1.29, 1.82) is 0 Å². The largest absolute Gasteiger partial charge is 0.711 e. The Labute approximate surface area is 66.3 Å². The molecule has 11 heavy (non-hydrogen) atoms. The van der Waals surface area contributed by atoms with Crippen molar-refractivity contribution in [1.82, 2.24) is 4.98 Å². The van der Waals surface area contributed by atoms with Crippen LogP contribution in [0, 0.1) is 5.21 Å². The lowest BCUT2D eigenvalue weighted by atomic mass is 9.96. The van der Waals surface area contributed by atoms with E-state index in [1.54, 1.807) is 12.3 Å². The molecule has 3 heteroatoms. The maximum Gasteiger partial charge on any atom is 0.306 e. The van der Waals surface area contributed by atoms with E-state index in [1.165, 1.54) is 6.20 Å². The third-order valence-electron chi connectivity index (χ3n) is 1.38. The van der Waals surface area contributed by atoms with Gasteiger partial charge in [0.25, 0.3) is 0 Å². The third-order valence-corrected chi connectivity index (χ3v) is 1.38. The van der Waals surface area contributed by atoms with E-state index in [9.17, 15) is 5.21 Å². The Bertz CT molecular complexity index is 253. The van der Waals surface area contributed by atoms with Gasteiger partial charge in [0.15, 0.2) is 0 Å². The number of rotatable bonds is 0. The standard InChI is InChI=1S/C8H12N2O/c1-8(2,3)7-9-5-4-6-10(7)11/h4-6H,1-3H3. The van der Waals surface area contributed by atoms with Gasteiger partial charge in [0.1, 0.15) is 6.20 Å². The van der Waals surface area contributed by atoms with Crippen LogP contribution in [0.3, 0.4) is 0 Å². The quantitative estimate of drug-likeness (QED) is 0.411. The highest BCUT2D eigenvalue weighted by molar-refractivity contribution is 4.94. The van der Waals surface area contributed by atoms with E-state index in [2.05, 4.69) is 4.98 Å². The molecular weight excluding hydrogens is 140 g/mol. The maximum absolute atomic E-state index is 11.1. The molecule has 1 aromatic heterocycles. The average Bonchev–Trinajstić information content (AvgIpc) is 1.86. The van der Waals surface area contributed by atoms with Gasteiger partial charge < -0.3 is 5.21 Å². The molecule has 1 rings (SSSR count). The van der Waals surface area contributed by atoms with Gasteiger partial charge in [-0.1, -0.05) is 4.98 Å². The minimum absolute atomic E-state index is 0.178. The van der Waals surface area contributed by atoms with Crippen LogP contribution in [0.25, 0.3) is 0 Å². The number of aromatic nitrogens is 2. The Morgan fingerprint density at radius 2 is 2.09 bits per heavy atom. The van der Waals surface area contributed by atoms with E-state index in [4.69, 9.17) is 0 Å². The van der Waals surface area contributed by atoms with Crippen LogP contribution in [0.4, 0.5) is 0 Å². The van der Waals surface area contributed by atoms with E-state index in [-0.39, 0.29) is 5.41 Å². The number of nitrogens with zero attached hydrogens (tertiary/aromatic N) is 2. The predicted octanol–water partition coefficient (Wildman–Crippen LogP) is 1.01. The molecule has 3 nitrogen and oxygen atoms in total. The van der Waals surface area contributed by atoms with Gasteiger partial charge in [0.05, 0.1) is 11.6 Å². The molecule has 0 aliphatic carbocycles. The van der Waals surface area contributed by atoms with E-state index < -0.39 is 0 Å². The number of hydrogen-bond acceptors (Lipinski definition) is 2. The summed E-state index contributed by atoms with van der Waals surface area (Å²) in [6.45, 7) is 5.89. The monoisotopic (exact) mass is 152 g/mol. The summed E-state index contributed by atoms with van der Waals surface area (Å²) < 4.78 is 0.806. The molecule has 1 heterocycles. The lowest BCUT2D eigenvalue weighted by molar-refractivity contribution is -0.621. The van der Waals surface area contributed by atoms with E-state index in [1.807, 2.05) is 20.8 Å². The molecule has 0 saturated heterocycles. The second-order valence-electron chi connectivity index (χ2n) is 3.52. The molecule has 60 valence electrons. The van der Waals surface area contributed by atoms with Crippen molar-refractivity contribution in [2.75, 3.05) is 0 Å². The molecular formula is C8H12N2O. The van der Waals surface area contributed by atoms with Crippen LogP contribution in [0.15, 0.2) is 18.5 Å². The first-order valence-electron chi connectivity index (χ1n) is 3.56. The van der Waals surface area contributed by atoms with Crippen LogP contribution in [0.5, 0.6) is 0 Å². The molecule has 0 saturated carbocycles. The molecule has 0 aliphatic heterocycles. The van der Waals surface area contributed by atoms with Gasteiger partial charge >= 0.3 is 5.82 Å². The average molecular weight is 152 g/mol. The van der Waals surface area contributed by atoms with Gasteiger partial charge in [-0.2, -0.15) is 0 Å². The lowest BCUT2D eigenvalue weighted by Gasteiger charge is -2.15. The fourth-order valence-electron chi connectivity index (χ4n) is 0.882. The lowest BCUT2D eigenvalue weighted by Crippen LogP contribution is -2.39. The zero-order chi connectivity index (χ0) is 8.48. The van der Waals surface area contributed by atoms with Crippen LogP contribution in [0.2, 0.25) is 0 Å². The van der Waals surface area contributed by atoms with Crippen molar-refractivity contribution in [3.8, 4) is 0 Å². The molecule has 0 aliphatic rings. The fourth-order valence-corrected chi connectivity index (χ4v) is 0.882. The van der Waals surface area contributed by atoms with Crippen LogP contribution < -0.4 is 4.73 Å². The number of hydrogen-bond donors (Lipinski definition) is 0. The molecule has 0 fully saturated rings. The Morgan fingerprint density at radius 3 is 2.45 bits per heavy atom. The van der Waals surface area contributed by atoms with Crippen molar-refractivity contribution >= 4 is 0 Å². The third kappa shape index (κ3) is 1.67. The minimum atomic E-state index is -0.178. The molecule has 0 atom stereocenters. The first-order valence-corrected chi connectivity index (χ1v) is 3.56. The van der Waals surface area contributed by atoms with Gasteiger partial charge in [0, 0.05) is 6.07 Å². The van der Waals surface area contributed by atoms with Crippen LogP contribution in [-0.4, -0.2) is 4.98 Å². The Morgan fingerprint density at radius 1 is 1.45 bits per heavy atom. The van der Waals surface area contributed by atoms with E-state index in [0.717, 1.165) is 4.73 Å². The van der Waals surface area contributed by atoms with Gasteiger partial charge in [-0.15, -0.1) is 0 Å². The second-order valence-corrected chi connectivity index (χ2v) is 3.52. The summed E-state index contributed by atoms with van der Waals surface area (Å²) in [4.78, 5) is 4.00. The molecule has 0 spiro atoms. The predicted molar refractivity (Wildman–Crippen MR) is 41.9 cm³/mol. The Kier molecular flexibility index (Phi) is 1.81. The molecule has 0 unspecified atom stereocenters. The van der Waals surface area contributed by atoms with Crippen molar-refractivity contribution < 1.29 is 4.73 Å². The van der Waals surface area contributed by atoms with E-state index >= 15 is 0 Å². The smallest absolute Gasteiger partial charge is 0.306 e. The first kappa shape index (κ1) is 7.98. The molecule has 0 amide bonds. The van der Waals surface area contributed by atoms with Crippen molar-refractivity contribution in [3.05, 3.63) is 29.5 Å². The highest BCUT2D eigenvalue weighted by atomic mass is 16.5. The summed E-state index contributed by atoms with van der Waals surface area (Å²) in [6.07, 6.45) is 3.10. The van der Waals surface area contributed by atoms with Crippen molar-refractivity contribution in [2.45, 2.75) is 26.2 Å². The normalized spacial score (nSPS) is 11.5. The second kappa shape index (κ2) is 2.49. The zero-order valence-electron chi connectivity index (χ0n) is 7.03. The summed E-state index contributed by atoms with van der Waals surface area (Å²) in [5.74, 6) is 0.556. The summed E-state index contributed by atoms with van der Waals surface area (Å²) in [6, 6.07) is 1.63. The molecule has 0 bridgehead atoms. The summed E-state index contributed by atoms with van der Waals surface area (Å²) in [5.41, 5.74) is -0.178. The fraction of sp³-hybridized carbons (Fsp3) is 0.500. The van der Waals surface area contributed by atoms with Crippen molar-refractivity contribution in [2.24, 2.45) is 0 Å². The Balaban J connectivity index is 3.14. The molecule has 0 N–H and O–H groups in total. The summed E-state index contributed by atoms with van der Waals surface area (Å²) in [5, 5.41) is 11.1. The SMILES string of the molecule is CC(C)(C)c1nccc[n+]1[O-]. The van der Waals surface area contributed by atoms with Gasteiger partial charge in [-0.05, 0) is 20.8 Å². The van der Waals surface area contributed by atoms with E-state index in [0.29, 0.717) is 5.82 Å². The molecule has 0 aromatic carbocycles. The van der Waals surface area contributed by atoms with Gasteiger partial charge in [-0.25, -0.2) is 4.73 Å². The Hall–Kier alpha value is -1.12. The van der Waals surface area contributed by atoms with Crippen LogP contribution in [0.1, 0.15) is 26.6 Å². The topological polar surface area (TPSA) is 39.8 Å². The highest BCUT2D eigenvalue weighted by Gasteiger charge is 2.24. The van der Waals surface area contributed by atoms with Crippen molar-refractivity contribution in [3.63, 3.8) is 0 Å². The van der Waals surface area contributed by atoms with Gasteiger partial charge in [0.2, 0.25) is 0 Å². The molecule has 1 aromatic rings.